The van der Waals surface area contributed by atoms with Gasteiger partial charge in [0.15, 0.2) is 0 Å². The molecule has 1 aromatic heterocycles. The number of rotatable bonds is 2. The van der Waals surface area contributed by atoms with E-state index >= 15 is 0 Å². The number of pyridine rings is 1. The molecule has 0 saturated heterocycles. The molecular formula is C11H7Br2F2N3. The van der Waals surface area contributed by atoms with Crippen LogP contribution < -0.4 is 11.1 Å². The lowest BCUT2D eigenvalue weighted by atomic mass is 10.3. The molecule has 2 rings (SSSR count). The van der Waals surface area contributed by atoms with Crippen LogP contribution in [0.3, 0.4) is 0 Å². The highest BCUT2D eigenvalue weighted by Gasteiger charge is 2.10. The Morgan fingerprint density at radius 2 is 1.78 bits per heavy atom. The van der Waals surface area contributed by atoms with Crippen LogP contribution in [0.25, 0.3) is 0 Å². The number of anilines is 3. The van der Waals surface area contributed by atoms with E-state index in [9.17, 15) is 8.78 Å². The first-order valence-corrected chi connectivity index (χ1v) is 6.38. The van der Waals surface area contributed by atoms with Crippen LogP contribution in [0.2, 0.25) is 0 Å². The number of nitrogen functional groups attached to an aromatic ring is 1. The number of nitrogens with zero attached hydrogens (tertiary/aromatic N) is 1. The van der Waals surface area contributed by atoms with Gasteiger partial charge in [-0.2, -0.15) is 0 Å². The topological polar surface area (TPSA) is 50.9 Å². The predicted molar refractivity (Wildman–Crippen MR) is 73.7 cm³/mol. The van der Waals surface area contributed by atoms with Crippen LogP contribution in [0.1, 0.15) is 0 Å². The highest BCUT2D eigenvalue weighted by molar-refractivity contribution is 9.10. The van der Waals surface area contributed by atoms with Gasteiger partial charge in [0.2, 0.25) is 0 Å². The average molecular weight is 379 g/mol. The van der Waals surface area contributed by atoms with Crippen LogP contribution >= 0.6 is 31.9 Å². The number of halogens is 4. The van der Waals surface area contributed by atoms with Crippen LogP contribution in [0, 0.1) is 11.6 Å². The lowest BCUT2D eigenvalue weighted by Gasteiger charge is -2.09. The van der Waals surface area contributed by atoms with E-state index in [1.807, 2.05) is 0 Å². The second-order valence-corrected chi connectivity index (χ2v) is 5.18. The molecule has 2 aromatic rings. The third-order valence-corrected chi connectivity index (χ3v) is 3.34. The molecule has 3 nitrogen and oxygen atoms in total. The summed E-state index contributed by atoms with van der Waals surface area (Å²) in [6.45, 7) is 0. The van der Waals surface area contributed by atoms with Crippen molar-refractivity contribution in [1.82, 2.24) is 4.98 Å². The second-order valence-electron chi connectivity index (χ2n) is 3.47. The summed E-state index contributed by atoms with van der Waals surface area (Å²) in [4.78, 5) is 3.98. The van der Waals surface area contributed by atoms with E-state index in [0.717, 1.165) is 12.1 Å². The summed E-state index contributed by atoms with van der Waals surface area (Å²) in [6, 6.07) is 3.70. The summed E-state index contributed by atoms with van der Waals surface area (Å²) in [5, 5.41) is 2.69. The summed E-state index contributed by atoms with van der Waals surface area (Å²) in [5.74, 6) is -0.802. The Bertz CT molecular complexity index is 605. The lowest BCUT2D eigenvalue weighted by molar-refractivity contribution is 0.597. The van der Waals surface area contributed by atoms with Gasteiger partial charge in [-0.3, -0.25) is 0 Å². The van der Waals surface area contributed by atoms with Crippen LogP contribution in [0.15, 0.2) is 33.3 Å². The first-order valence-electron chi connectivity index (χ1n) is 4.80. The zero-order valence-electron chi connectivity index (χ0n) is 8.85. The van der Waals surface area contributed by atoms with Gasteiger partial charge in [0, 0.05) is 6.07 Å². The van der Waals surface area contributed by atoms with E-state index in [1.54, 1.807) is 6.07 Å². The van der Waals surface area contributed by atoms with Crippen molar-refractivity contribution in [2.24, 2.45) is 0 Å². The highest BCUT2D eigenvalue weighted by atomic mass is 79.9. The molecule has 0 atom stereocenters. The van der Waals surface area contributed by atoms with Crippen LogP contribution in [0.4, 0.5) is 26.0 Å². The quantitative estimate of drug-likeness (QED) is 0.769. The molecule has 0 saturated carbocycles. The molecule has 0 fully saturated rings. The zero-order valence-corrected chi connectivity index (χ0v) is 12.0. The lowest BCUT2D eigenvalue weighted by Crippen LogP contribution is -1.99. The van der Waals surface area contributed by atoms with E-state index in [2.05, 4.69) is 42.2 Å². The first-order chi connectivity index (χ1) is 8.47. The molecule has 0 amide bonds. The van der Waals surface area contributed by atoms with Crippen molar-refractivity contribution in [2.45, 2.75) is 0 Å². The van der Waals surface area contributed by atoms with Crippen molar-refractivity contribution in [3.63, 3.8) is 0 Å². The SMILES string of the molecule is Nc1cnc(Nc2cc(F)c(Br)cc2F)c(Br)c1. The Hall–Kier alpha value is -1.21. The van der Waals surface area contributed by atoms with Crippen molar-refractivity contribution in [3.05, 3.63) is 45.0 Å². The van der Waals surface area contributed by atoms with Gasteiger partial charge in [-0.25, -0.2) is 13.8 Å². The van der Waals surface area contributed by atoms with Crippen molar-refractivity contribution in [2.75, 3.05) is 11.1 Å². The average Bonchev–Trinajstić information content (AvgIpc) is 2.29. The number of benzene rings is 1. The van der Waals surface area contributed by atoms with Gasteiger partial charge in [0.25, 0.3) is 0 Å². The van der Waals surface area contributed by atoms with E-state index in [-0.39, 0.29) is 10.2 Å². The fraction of sp³-hybridized carbons (Fsp3) is 0. The van der Waals surface area contributed by atoms with E-state index in [4.69, 9.17) is 5.73 Å². The van der Waals surface area contributed by atoms with E-state index < -0.39 is 11.6 Å². The zero-order chi connectivity index (χ0) is 13.3. The molecule has 94 valence electrons. The minimum Gasteiger partial charge on any atom is -0.397 e. The molecule has 0 bridgehead atoms. The molecule has 0 aliphatic carbocycles. The third kappa shape index (κ3) is 2.78. The molecule has 0 radical (unpaired) electrons. The maximum absolute atomic E-state index is 13.6. The third-order valence-electron chi connectivity index (χ3n) is 2.13. The number of nitrogens with two attached hydrogens (primary N) is 1. The highest BCUT2D eigenvalue weighted by Crippen LogP contribution is 2.29. The summed E-state index contributed by atoms with van der Waals surface area (Å²) in [6.07, 6.45) is 1.42. The molecule has 0 aliphatic rings. The molecular weight excluding hydrogens is 372 g/mol. The maximum atomic E-state index is 13.6. The van der Waals surface area contributed by atoms with E-state index in [1.165, 1.54) is 6.20 Å². The van der Waals surface area contributed by atoms with Gasteiger partial charge in [0.1, 0.15) is 17.5 Å². The Balaban J connectivity index is 2.37. The number of nitrogens with one attached hydrogen (secondary N) is 1. The molecule has 18 heavy (non-hydrogen) atoms. The Morgan fingerprint density at radius 1 is 1.06 bits per heavy atom. The minimum absolute atomic E-state index is 0.00586. The Kier molecular flexibility index (Phi) is 3.82. The fourth-order valence-corrected chi connectivity index (χ4v) is 2.07. The van der Waals surface area contributed by atoms with Crippen LogP contribution in [-0.4, -0.2) is 4.98 Å². The van der Waals surface area contributed by atoms with Gasteiger partial charge in [-0.05, 0) is 44.0 Å². The molecule has 0 unspecified atom stereocenters. The fourth-order valence-electron chi connectivity index (χ4n) is 1.29. The first kappa shape index (κ1) is 13.2. The predicted octanol–water partition coefficient (Wildman–Crippen LogP) is 4.21. The molecule has 0 aliphatic heterocycles. The molecule has 7 heteroatoms. The summed E-state index contributed by atoms with van der Waals surface area (Å²) >= 11 is 6.14. The van der Waals surface area contributed by atoms with Gasteiger partial charge in [0.05, 0.1) is 26.5 Å². The number of aromatic nitrogens is 1. The number of hydrogen-bond acceptors (Lipinski definition) is 3. The monoisotopic (exact) mass is 377 g/mol. The van der Waals surface area contributed by atoms with Crippen molar-refractivity contribution in [3.8, 4) is 0 Å². The van der Waals surface area contributed by atoms with Crippen LogP contribution in [-0.2, 0) is 0 Å². The molecule has 0 spiro atoms. The largest absolute Gasteiger partial charge is 0.397 e. The van der Waals surface area contributed by atoms with Crippen molar-refractivity contribution in [1.29, 1.82) is 0 Å². The molecule has 1 heterocycles. The van der Waals surface area contributed by atoms with Crippen molar-refractivity contribution >= 4 is 49.1 Å². The molecule has 1 aromatic carbocycles. The van der Waals surface area contributed by atoms with Gasteiger partial charge >= 0.3 is 0 Å². The second kappa shape index (κ2) is 5.19. The van der Waals surface area contributed by atoms with Crippen LogP contribution in [0.5, 0.6) is 0 Å². The van der Waals surface area contributed by atoms with E-state index in [0.29, 0.717) is 16.0 Å². The summed E-state index contributed by atoms with van der Waals surface area (Å²) in [5.41, 5.74) is 6.00. The molecule has 3 N–H and O–H groups in total. The van der Waals surface area contributed by atoms with Gasteiger partial charge in [-0.15, -0.1) is 0 Å². The van der Waals surface area contributed by atoms with Gasteiger partial charge in [-0.1, -0.05) is 0 Å². The Morgan fingerprint density at radius 3 is 2.44 bits per heavy atom. The minimum atomic E-state index is -0.589. The summed E-state index contributed by atoms with van der Waals surface area (Å²) in [7, 11) is 0. The van der Waals surface area contributed by atoms with Gasteiger partial charge < -0.3 is 11.1 Å². The maximum Gasteiger partial charge on any atom is 0.148 e. The normalized spacial score (nSPS) is 10.4. The van der Waals surface area contributed by atoms with Crippen molar-refractivity contribution < 1.29 is 8.78 Å². The smallest absolute Gasteiger partial charge is 0.148 e. The number of hydrogen-bond donors (Lipinski definition) is 2. The standard InChI is InChI=1S/C11H7Br2F2N3/c12-6-2-9(15)10(3-8(6)14)18-11-7(13)1-5(16)4-17-11/h1-4H,16H2,(H,17,18). The summed E-state index contributed by atoms with van der Waals surface area (Å²) < 4.78 is 27.5. The Labute approximate surface area is 119 Å².